The molecule has 1 saturated heterocycles. The van der Waals surface area contributed by atoms with E-state index in [1.54, 1.807) is 0 Å². The van der Waals surface area contributed by atoms with Crippen LogP contribution in [0, 0.1) is 6.92 Å². The number of fused-ring (bicyclic) bond motifs is 1. The van der Waals surface area contributed by atoms with E-state index >= 15 is 0 Å². The normalized spacial score (nSPS) is 16.7. The minimum Gasteiger partial charge on any atom is -0.491 e. The molecule has 0 aliphatic carbocycles. The lowest BCUT2D eigenvalue weighted by molar-refractivity contribution is -0.127. The molecule has 0 N–H and O–H groups in total. The predicted molar refractivity (Wildman–Crippen MR) is 115 cm³/mol. The molecular weight excluding hydrogens is 362 g/mol. The van der Waals surface area contributed by atoms with Crippen LogP contribution in [-0.2, 0) is 11.3 Å². The second-order valence-corrected chi connectivity index (χ2v) is 7.82. The van der Waals surface area contributed by atoms with Gasteiger partial charge in [-0.2, -0.15) is 0 Å². The van der Waals surface area contributed by atoms with Gasteiger partial charge >= 0.3 is 0 Å². The number of aryl methyl sites for hydroxylation is 1. The van der Waals surface area contributed by atoms with Crippen LogP contribution in [0.4, 0.5) is 0 Å². The van der Waals surface area contributed by atoms with Gasteiger partial charge in [-0.05, 0) is 37.1 Å². The van der Waals surface area contributed by atoms with Crippen molar-refractivity contribution in [1.29, 1.82) is 0 Å². The summed E-state index contributed by atoms with van der Waals surface area (Å²) >= 11 is 0. The van der Waals surface area contributed by atoms with Crippen LogP contribution in [0.3, 0.4) is 0 Å². The van der Waals surface area contributed by atoms with Crippen molar-refractivity contribution in [3.8, 4) is 5.75 Å². The zero-order chi connectivity index (χ0) is 20.2. The number of benzene rings is 2. The molecule has 0 spiro atoms. The van der Waals surface area contributed by atoms with E-state index in [-0.39, 0.29) is 11.8 Å². The molecule has 1 fully saturated rings. The largest absolute Gasteiger partial charge is 0.491 e. The van der Waals surface area contributed by atoms with Crippen LogP contribution in [0.1, 0.15) is 43.5 Å². The first-order valence-electron chi connectivity index (χ1n) is 10.6. The Morgan fingerprint density at radius 1 is 1.10 bits per heavy atom. The van der Waals surface area contributed by atoms with Crippen molar-refractivity contribution in [3.63, 3.8) is 0 Å². The van der Waals surface area contributed by atoms with E-state index < -0.39 is 0 Å². The highest BCUT2D eigenvalue weighted by atomic mass is 16.5. The highest BCUT2D eigenvalue weighted by Crippen LogP contribution is 2.30. The van der Waals surface area contributed by atoms with Gasteiger partial charge in [0.25, 0.3) is 0 Å². The number of carbonyl (C=O) groups is 1. The van der Waals surface area contributed by atoms with Gasteiger partial charge < -0.3 is 14.2 Å². The second kappa shape index (κ2) is 8.68. The number of aromatic nitrogens is 2. The summed E-state index contributed by atoms with van der Waals surface area (Å²) in [6.07, 6.45) is 2.70. The fourth-order valence-corrected chi connectivity index (χ4v) is 4.12. The van der Waals surface area contributed by atoms with Gasteiger partial charge in [0.05, 0.1) is 17.6 Å². The molecule has 1 aliphatic heterocycles. The third kappa shape index (κ3) is 4.14. The van der Waals surface area contributed by atoms with Gasteiger partial charge in [-0.15, -0.1) is 0 Å². The molecule has 5 nitrogen and oxygen atoms in total. The molecule has 0 saturated carbocycles. The quantitative estimate of drug-likeness (QED) is 0.566. The summed E-state index contributed by atoms with van der Waals surface area (Å²) in [6, 6.07) is 16.3. The summed E-state index contributed by atoms with van der Waals surface area (Å²) in [4.78, 5) is 19.4. The molecule has 3 aromatic rings. The summed E-state index contributed by atoms with van der Waals surface area (Å²) in [6.45, 7) is 7.11. The van der Waals surface area contributed by atoms with E-state index in [0.717, 1.165) is 54.1 Å². The van der Waals surface area contributed by atoms with Crippen LogP contribution in [0.5, 0.6) is 5.75 Å². The first-order valence-corrected chi connectivity index (χ1v) is 10.6. The molecule has 5 heteroatoms. The molecule has 1 atom stereocenters. The van der Waals surface area contributed by atoms with Gasteiger partial charge in [0.15, 0.2) is 0 Å². The first-order chi connectivity index (χ1) is 14.2. The van der Waals surface area contributed by atoms with Crippen LogP contribution in [0.25, 0.3) is 11.0 Å². The number of likely N-dealkylation sites (tertiary alicyclic amines) is 1. The van der Waals surface area contributed by atoms with Crippen LogP contribution < -0.4 is 4.74 Å². The summed E-state index contributed by atoms with van der Waals surface area (Å²) in [5.41, 5.74) is 3.23. The molecule has 1 aromatic heterocycles. The van der Waals surface area contributed by atoms with Crippen molar-refractivity contribution >= 4 is 16.9 Å². The van der Waals surface area contributed by atoms with Crippen molar-refractivity contribution in [1.82, 2.24) is 14.5 Å². The number of amides is 1. The summed E-state index contributed by atoms with van der Waals surface area (Å²) in [5.74, 6) is 2.32. The number of para-hydroxylation sites is 3. The minimum atomic E-state index is 0.144. The van der Waals surface area contributed by atoms with Crippen LogP contribution >= 0.6 is 0 Å². The molecule has 2 heterocycles. The number of unbranched alkanes of at least 4 members (excludes halogenated alkanes) is 1. The Labute approximate surface area is 172 Å². The molecular formula is C24H29N3O2. The standard InChI is InChI=1S/C24H29N3O2/c1-3-4-13-26-17-19(16-23(26)28)24-25-20-10-6-7-11-21(20)27(24)14-15-29-22-12-8-5-9-18(22)2/h5-12,19H,3-4,13-17H2,1-2H3/t19-/m1/s1. The second-order valence-electron chi connectivity index (χ2n) is 7.82. The van der Waals surface area contributed by atoms with Gasteiger partial charge in [0.2, 0.25) is 5.91 Å². The summed E-state index contributed by atoms with van der Waals surface area (Å²) in [7, 11) is 0. The minimum absolute atomic E-state index is 0.144. The van der Waals surface area contributed by atoms with Crippen LogP contribution in [-0.4, -0.2) is 40.1 Å². The van der Waals surface area contributed by atoms with Crippen molar-refractivity contribution in [2.75, 3.05) is 19.7 Å². The molecule has 152 valence electrons. The lowest BCUT2D eigenvalue weighted by atomic mass is 10.1. The van der Waals surface area contributed by atoms with Crippen molar-refractivity contribution in [3.05, 3.63) is 59.9 Å². The maximum Gasteiger partial charge on any atom is 0.223 e. The van der Waals surface area contributed by atoms with E-state index in [1.165, 1.54) is 0 Å². The van der Waals surface area contributed by atoms with E-state index in [9.17, 15) is 4.79 Å². The van der Waals surface area contributed by atoms with Crippen LogP contribution in [0.15, 0.2) is 48.5 Å². The third-order valence-electron chi connectivity index (χ3n) is 5.71. The smallest absolute Gasteiger partial charge is 0.223 e. The number of hydrogen-bond donors (Lipinski definition) is 0. The van der Waals surface area contributed by atoms with Crippen molar-refractivity contribution in [2.45, 2.75) is 45.6 Å². The Morgan fingerprint density at radius 3 is 2.72 bits per heavy atom. The lowest BCUT2D eigenvalue weighted by Gasteiger charge is -2.17. The Hall–Kier alpha value is -2.82. The Balaban J connectivity index is 1.55. The third-order valence-corrected chi connectivity index (χ3v) is 5.71. The molecule has 0 radical (unpaired) electrons. The number of hydrogen-bond acceptors (Lipinski definition) is 3. The first kappa shape index (κ1) is 19.5. The average molecular weight is 392 g/mol. The Morgan fingerprint density at radius 2 is 1.90 bits per heavy atom. The van der Waals surface area contributed by atoms with Crippen molar-refractivity contribution in [2.24, 2.45) is 0 Å². The fraction of sp³-hybridized carbons (Fsp3) is 0.417. The number of imidazole rings is 1. The summed E-state index contributed by atoms with van der Waals surface area (Å²) in [5, 5.41) is 0. The van der Waals surface area contributed by atoms with E-state index in [2.05, 4.69) is 30.5 Å². The maximum atomic E-state index is 12.5. The Kier molecular flexibility index (Phi) is 5.84. The van der Waals surface area contributed by atoms with Gasteiger partial charge in [-0.25, -0.2) is 4.98 Å². The molecule has 2 aromatic carbocycles. The Bertz CT molecular complexity index is 995. The zero-order valence-corrected chi connectivity index (χ0v) is 17.3. The fourth-order valence-electron chi connectivity index (χ4n) is 4.12. The topological polar surface area (TPSA) is 47.4 Å². The summed E-state index contributed by atoms with van der Waals surface area (Å²) < 4.78 is 8.29. The molecule has 0 unspecified atom stereocenters. The number of carbonyl (C=O) groups excluding carboxylic acids is 1. The van der Waals surface area contributed by atoms with E-state index in [1.807, 2.05) is 41.3 Å². The van der Waals surface area contributed by atoms with E-state index in [0.29, 0.717) is 19.6 Å². The molecule has 1 aliphatic rings. The highest BCUT2D eigenvalue weighted by molar-refractivity contribution is 5.80. The average Bonchev–Trinajstić information content (AvgIpc) is 3.28. The molecule has 29 heavy (non-hydrogen) atoms. The van der Waals surface area contributed by atoms with Gasteiger partial charge in [0, 0.05) is 25.4 Å². The molecule has 0 bridgehead atoms. The highest BCUT2D eigenvalue weighted by Gasteiger charge is 2.33. The van der Waals surface area contributed by atoms with Crippen LogP contribution in [0.2, 0.25) is 0 Å². The number of nitrogens with zero attached hydrogens (tertiary/aromatic N) is 3. The van der Waals surface area contributed by atoms with Gasteiger partial charge in [-0.1, -0.05) is 43.7 Å². The molecule has 4 rings (SSSR count). The lowest BCUT2D eigenvalue weighted by Crippen LogP contribution is -2.26. The van der Waals surface area contributed by atoms with Gasteiger partial charge in [0.1, 0.15) is 18.2 Å². The maximum absolute atomic E-state index is 12.5. The molecule has 1 amide bonds. The SMILES string of the molecule is CCCCN1C[C@H](c2nc3ccccc3n2CCOc2ccccc2C)CC1=O. The number of ether oxygens (including phenoxy) is 1. The van der Waals surface area contributed by atoms with Gasteiger partial charge in [-0.3, -0.25) is 4.79 Å². The predicted octanol–water partition coefficient (Wildman–Crippen LogP) is 4.54. The van der Waals surface area contributed by atoms with Crippen molar-refractivity contribution < 1.29 is 9.53 Å². The monoisotopic (exact) mass is 391 g/mol. The zero-order valence-electron chi connectivity index (χ0n) is 17.3. The number of rotatable bonds is 8. The van der Waals surface area contributed by atoms with E-state index in [4.69, 9.17) is 9.72 Å².